The molecule has 0 amide bonds. The molecule has 2 aromatic carbocycles. The lowest BCUT2D eigenvalue weighted by Crippen LogP contribution is -2.18. The summed E-state index contributed by atoms with van der Waals surface area (Å²) in [7, 11) is -4.74. The largest absolute Gasteiger partial charge is 0.493 e. The molecule has 41 heavy (non-hydrogen) atoms. The lowest BCUT2D eigenvalue weighted by molar-refractivity contribution is 0.354. The van der Waals surface area contributed by atoms with Gasteiger partial charge in [-0.25, -0.2) is 9.37 Å². The number of aromatic nitrogens is 3. The summed E-state index contributed by atoms with van der Waals surface area (Å²) in [5, 5.41) is 4.24. The molecule has 2 aromatic heterocycles. The first-order valence-electron chi connectivity index (χ1n) is 12.2. The first kappa shape index (κ1) is 29.8. The normalized spacial score (nSPS) is 13.9. The van der Waals surface area contributed by atoms with Crippen molar-refractivity contribution in [3.8, 4) is 11.5 Å². The molecular formula is C28H28F6N4O2S. The summed E-state index contributed by atoms with van der Waals surface area (Å²) in [6.45, 7) is 2.60. The smallest absolute Gasteiger partial charge is 0.310 e. The highest BCUT2D eigenvalue weighted by molar-refractivity contribution is 8.45. The van der Waals surface area contributed by atoms with Crippen LogP contribution in [0, 0.1) is 6.92 Å². The Kier molecular flexibility index (Phi) is 7.54. The van der Waals surface area contributed by atoms with E-state index in [1.165, 1.54) is 6.07 Å². The molecule has 0 saturated carbocycles. The standard InChI is InChI=1S/C28H28F6N4O2S/c1-19-13-25(24(29)14-20-5-9-23(10-6-20)41(30,31,32,33)34)36-38(19)18-22-8-12-28(35-16-22)37(2)17-21-7-11-26(39-3)27(15-21)40-4/h5-16H,17-18H2,1-4H3. The fraction of sp³-hybridized carbons (Fsp3) is 0.214. The molecule has 4 aromatic rings. The Balaban J connectivity index is 1.43. The number of nitrogens with zero attached hydrogens (tertiary/aromatic N) is 4. The molecule has 220 valence electrons. The van der Waals surface area contributed by atoms with Crippen LogP contribution in [0.2, 0.25) is 0 Å². The minimum Gasteiger partial charge on any atom is -0.493 e. The van der Waals surface area contributed by atoms with Gasteiger partial charge in [-0.05, 0) is 66.1 Å². The topological polar surface area (TPSA) is 52.4 Å². The van der Waals surface area contributed by atoms with Crippen LogP contribution in [-0.4, -0.2) is 36.0 Å². The summed E-state index contributed by atoms with van der Waals surface area (Å²) in [6, 6.07) is 12.9. The Morgan fingerprint density at radius 1 is 0.902 bits per heavy atom. The average molecular weight is 599 g/mol. The fourth-order valence-electron chi connectivity index (χ4n) is 4.07. The number of rotatable bonds is 10. The summed E-state index contributed by atoms with van der Waals surface area (Å²) < 4.78 is 91.6. The Morgan fingerprint density at radius 3 is 2.15 bits per heavy atom. The predicted molar refractivity (Wildman–Crippen MR) is 149 cm³/mol. The van der Waals surface area contributed by atoms with E-state index < -0.39 is 20.9 Å². The van der Waals surface area contributed by atoms with Gasteiger partial charge in [0, 0.05) is 25.5 Å². The molecule has 6 nitrogen and oxygen atoms in total. The molecule has 0 bridgehead atoms. The second-order valence-corrected chi connectivity index (χ2v) is 11.8. The van der Waals surface area contributed by atoms with Crippen LogP contribution in [0.4, 0.5) is 29.6 Å². The first-order valence-corrected chi connectivity index (χ1v) is 14.1. The highest BCUT2D eigenvalue weighted by Gasteiger charge is 2.65. The maximum Gasteiger partial charge on any atom is 0.310 e. The van der Waals surface area contributed by atoms with Crippen LogP contribution in [0.5, 0.6) is 11.5 Å². The predicted octanol–water partition coefficient (Wildman–Crippen LogP) is 8.41. The zero-order valence-corrected chi connectivity index (χ0v) is 23.4. The molecule has 2 heterocycles. The van der Waals surface area contributed by atoms with Crippen LogP contribution in [-0.2, 0) is 13.1 Å². The molecule has 0 aliphatic rings. The maximum absolute atomic E-state index is 14.8. The minimum atomic E-state index is -9.79. The van der Waals surface area contributed by atoms with Gasteiger partial charge in [-0.2, -0.15) is 5.10 Å². The fourth-order valence-corrected chi connectivity index (χ4v) is 4.72. The van der Waals surface area contributed by atoms with E-state index in [-0.39, 0.29) is 23.4 Å². The van der Waals surface area contributed by atoms with Crippen LogP contribution in [0.25, 0.3) is 11.9 Å². The average Bonchev–Trinajstić information content (AvgIpc) is 3.28. The molecule has 0 fully saturated rings. The van der Waals surface area contributed by atoms with Gasteiger partial charge in [-0.3, -0.25) is 4.68 Å². The quantitative estimate of drug-likeness (QED) is 0.172. The molecule has 0 radical (unpaired) electrons. The third kappa shape index (κ3) is 7.34. The number of aryl methyl sites for hydroxylation is 1. The van der Waals surface area contributed by atoms with E-state index in [2.05, 4.69) is 10.1 Å². The summed E-state index contributed by atoms with van der Waals surface area (Å²) >= 11 is 0. The second kappa shape index (κ2) is 10.4. The lowest BCUT2D eigenvalue weighted by atomic mass is 10.2. The van der Waals surface area contributed by atoms with E-state index in [0.29, 0.717) is 30.3 Å². The van der Waals surface area contributed by atoms with E-state index in [9.17, 15) is 23.8 Å². The molecule has 0 N–H and O–H groups in total. The van der Waals surface area contributed by atoms with Gasteiger partial charge in [0.2, 0.25) is 0 Å². The van der Waals surface area contributed by atoms with Crippen molar-refractivity contribution in [3.05, 3.63) is 94.9 Å². The van der Waals surface area contributed by atoms with Gasteiger partial charge in [-0.1, -0.05) is 43.7 Å². The van der Waals surface area contributed by atoms with Gasteiger partial charge in [0.25, 0.3) is 0 Å². The van der Waals surface area contributed by atoms with Gasteiger partial charge in [0.1, 0.15) is 16.4 Å². The molecule has 0 spiro atoms. The number of halogens is 6. The minimum absolute atomic E-state index is 0.0164. The molecule has 13 heteroatoms. The molecular weight excluding hydrogens is 570 g/mol. The number of benzene rings is 2. The number of pyridine rings is 1. The van der Waals surface area contributed by atoms with Gasteiger partial charge in [0.05, 0.1) is 20.8 Å². The van der Waals surface area contributed by atoms with Crippen molar-refractivity contribution in [2.45, 2.75) is 24.9 Å². The summed E-state index contributed by atoms with van der Waals surface area (Å²) in [6.07, 6.45) is 2.62. The SMILES string of the molecule is COc1ccc(CN(C)c2ccc(Cn3nc(C(F)=Cc4ccc(S(F)(F)(F)(F)F)cc4)cc3C)cn2)cc1OC. The molecule has 0 atom stereocenters. The number of methoxy groups -OCH3 is 2. The van der Waals surface area contributed by atoms with Crippen molar-refractivity contribution < 1.29 is 33.3 Å². The van der Waals surface area contributed by atoms with Gasteiger partial charge >= 0.3 is 10.2 Å². The molecule has 0 saturated heterocycles. The van der Waals surface area contributed by atoms with E-state index in [1.807, 2.05) is 42.3 Å². The monoisotopic (exact) mass is 598 g/mol. The molecule has 0 unspecified atom stereocenters. The maximum atomic E-state index is 14.8. The van der Waals surface area contributed by atoms with E-state index in [1.54, 1.807) is 32.0 Å². The van der Waals surface area contributed by atoms with E-state index in [0.717, 1.165) is 35.2 Å². The number of hydrogen-bond donors (Lipinski definition) is 0. The number of hydrogen-bond acceptors (Lipinski definition) is 5. The van der Waals surface area contributed by atoms with Crippen LogP contribution in [0.1, 0.15) is 28.1 Å². The van der Waals surface area contributed by atoms with Crippen molar-refractivity contribution in [1.29, 1.82) is 0 Å². The van der Waals surface area contributed by atoms with Gasteiger partial charge in [0.15, 0.2) is 17.3 Å². The van der Waals surface area contributed by atoms with E-state index >= 15 is 0 Å². The zero-order valence-electron chi connectivity index (χ0n) is 22.6. The van der Waals surface area contributed by atoms with Crippen LogP contribution >= 0.6 is 10.2 Å². The third-order valence-corrected chi connectivity index (χ3v) is 7.41. The Hall–Kier alpha value is -4.13. The molecule has 4 rings (SSSR count). The van der Waals surface area contributed by atoms with Crippen molar-refractivity contribution >= 4 is 27.9 Å². The van der Waals surface area contributed by atoms with E-state index in [4.69, 9.17) is 9.47 Å². The number of anilines is 1. The first-order chi connectivity index (χ1) is 19.1. The summed E-state index contributed by atoms with van der Waals surface area (Å²) in [5.74, 6) is 1.18. The zero-order chi connectivity index (χ0) is 30.1. The van der Waals surface area contributed by atoms with Crippen molar-refractivity contribution in [2.75, 3.05) is 26.2 Å². The van der Waals surface area contributed by atoms with Crippen LogP contribution in [0.15, 0.2) is 71.8 Å². The van der Waals surface area contributed by atoms with Crippen LogP contribution in [0.3, 0.4) is 0 Å². The number of ether oxygens (including phenoxy) is 2. The van der Waals surface area contributed by atoms with Gasteiger partial charge < -0.3 is 14.4 Å². The Labute approximate surface area is 233 Å². The van der Waals surface area contributed by atoms with Crippen LogP contribution < -0.4 is 14.4 Å². The highest BCUT2D eigenvalue weighted by Crippen LogP contribution is 3.02. The Morgan fingerprint density at radius 2 is 1.56 bits per heavy atom. The van der Waals surface area contributed by atoms with Gasteiger partial charge in [-0.15, -0.1) is 0 Å². The van der Waals surface area contributed by atoms with Crippen molar-refractivity contribution in [2.24, 2.45) is 0 Å². The molecule has 0 aliphatic carbocycles. The Bertz CT molecular complexity index is 1570. The lowest BCUT2D eigenvalue weighted by Gasteiger charge is -2.40. The van der Waals surface area contributed by atoms with Crippen molar-refractivity contribution in [1.82, 2.24) is 14.8 Å². The summed E-state index contributed by atoms with van der Waals surface area (Å²) in [4.78, 5) is 4.45. The highest BCUT2D eigenvalue weighted by atomic mass is 32.5. The molecule has 0 aliphatic heterocycles. The van der Waals surface area contributed by atoms with Crippen molar-refractivity contribution in [3.63, 3.8) is 0 Å². The summed E-state index contributed by atoms with van der Waals surface area (Å²) in [5.41, 5.74) is 2.38. The third-order valence-electron chi connectivity index (χ3n) is 6.25. The second-order valence-electron chi connectivity index (χ2n) is 9.43.